The molecule has 0 fully saturated rings. The minimum absolute atomic E-state index is 0.0930. The van der Waals surface area contributed by atoms with Crippen LogP contribution in [0.15, 0.2) is 118 Å². The normalized spacial score (nSPS) is 11.0. The van der Waals surface area contributed by atoms with Crippen molar-refractivity contribution in [2.75, 3.05) is 23.0 Å². The molecule has 4 aromatic rings. The van der Waals surface area contributed by atoms with Crippen LogP contribution in [0.4, 0.5) is 11.4 Å². The van der Waals surface area contributed by atoms with Gasteiger partial charge in [-0.05, 0) is 84.8 Å². The van der Waals surface area contributed by atoms with E-state index >= 15 is 0 Å². The Kier molecular flexibility index (Phi) is 12.0. The van der Waals surface area contributed by atoms with Gasteiger partial charge in [0, 0.05) is 26.3 Å². The summed E-state index contributed by atoms with van der Waals surface area (Å²) in [4.78, 5) is 39.6. The molecule has 0 spiro atoms. The summed E-state index contributed by atoms with van der Waals surface area (Å²) in [5.74, 6) is -0.0625. The van der Waals surface area contributed by atoms with Crippen molar-refractivity contribution in [2.45, 2.75) is 24.7 Å². The van der Waals surface area contributed by atoms with Crippen LogP contribution in [0, 0.1) is 0 Å². The lowest BCUT2D eigenvalue weighted by Crippen LogP contribution is -2.30. The van der Waals surface area contributed by atoms with Gasteiger partial charge in [0.15, 0.2) is 0 Å². The maximum Gasteiger partial charge on any atom is 0.272 e. The summed E-state index contributed by atoms with van der Waals surface area (Å²) in [6, 6.07) is 30.6. The molecule has 0 unspecified atom stereocenters. The summed E-state index contributed by atoms with van der Waals surface area (Å²) < 4.78 is 6.57. The molecule has 0 heterocycles. The SMILES string of the molecule is CCCCOc1ccc(NC(=O)CSc2cccc(NC(=O)/C(=C/c3ccc(Br)cc3)NC(=O)c3ccccc3)c2)cc1. The number of nitrogens with one attached hydrogen (secondary N) is 3. The van der Waals surface area contributed by atoms with Crippen LogP contribution in [0.3, 0.4) is 0 Å². The highest BCUT2D eigenvalue weighted by molar-refractivity contribution is 9.10. The molecule has 0 aromatic heterocycles. The number of anilines is 2. The fourth-order valence-electron chi connectivity index (χ4n) is 3.84. The average molecular weight is 659 g/mol. The molecule has 7 nitrogen and oxygen atoms in total. The smallest absolute Gasteiger partial charge is 0.272 e. The van der Waals surface area contributed by atoms with Crippen LogP contribution in [0.5, 0.6) is 5.75 Å². The lowest BCUT2D eigenvalue weighted by atomic mass is 10.1. The van der Waals surface area contributed by atoms with Crippen molar-refractivity contribution in [1.82, 2.24) is 5.32 Å². The zero-order chi connectivity index (χ0) is 30.4. The summed E-state index contributed by atoms with van der Waals surface area (Å²) in [5, 5.41) is 8.50. The first-order chi connectivity index (χ1) is 20.9. The van der Waals surface area contributed by atoms with Crippen molar-refractivity contribution in [1.29, 1.82) is 0 Å². The van der Waals surface area contributed by atoms with Gasteiger partial charge in [0.2, 0.25) is 5.91 Å². The molecular weight excluding hydrogens is 626 g/mol. The van der Waals surface area contributed by atoms with Crippen LogP contribution >= 0.6 is 27.7 Å². The molecule has 220 valence electrons. The predicted octanol–water partition coefficient (Wildman–Crippen LogP) is 7.77. The van der Waals surface area contributed by atoms with Crippen LogP contribution in [-0.2, 0) is 9.59 Å². The quantitative estimate of drug-likeness (QED) is 0.0775. The van der Waals surface area contributed by atoms with Gasteiger partial charge >= 0.3 is 0 Å². The fraction of sp³-hybridized carbons (Fsp3) is 0.147. The Hall–Kier alpha value is -4.34. The average Bonchev–Trinajstić information content (AvgIpc) is 3.02. The Balaban J connectivity index is 1.37. The minimum Gasteiger partial charge on any atom is -0.494 e. The predicted molar refractivity (Wildman–Crippen MR) is 177 cm³/mol. The molecule has 4 aromatic carbocycles. The Labute approximate surface area is 264 Å². The van der Waals surface area contributed by atoms with Crippen molar-refractivity contribution >= 4 is 62.9 Å². The van der Waals surface area contributed by atoms with Gasteiger partial charge in [-0.15, -0.1) is 11.8 Å². The van der Waals surface area contributed by atoms with E-state index in [2.05, 4.69) is 38.8 Å². The molecular formula is C34H32BrN3O4S. The highest BCUT2D eigenvalue weighted by atomic mass is 79.9. The monoisotopic (exact) mass is 657 g/mol. The zero-order valence-corrected chi connectivity index (χ0v) is 26.0. The topological polar surface area (TPSA) is 96.5 Å². The third-order valence-electron chi connectivity index (χ3n) is 6.08. The van der Waals surface area contributed by atoms with Crippen LogP contribution < -0.4 is 20.7 Å². The number of ether oxygens (including phenoxy) is 1. The van der Waals surface area contributed by atoms with E-state index < -0.39 is 11.8 Å². The fourth-order valence-corrected chi connectivity index (χ4v) is 4.86. The largest absolute Gasteiger partial charge is 0.494 e. The van der Waals surface area contributed by atoms with Gasteiger partial charge in [0.25, 0.3) is 11.8 Å². The number of benzene rings is 4. The van der Waals surface area contributed by atoms with Crippen LogP contribution in [0.25, 0.3) is 6.08 Å². The van der Waals surface area contributed by atoms with Crippen molar-refractivity contribution in [3.8, 4) is 5.75 Å². The molecule has 0 radical (unpaired) electrons. The first kappa shape index (κ1) is 31.6. The summed E-state index contributed by atoms with van der Waals surface area (Å²) in [6.07, 6.45) is 3.68. The van der Waals surface area contributed by atoms with Crippen LogP contribution in [0.1, 0.15) is 35.7 Å². The molecule has 3 N–H and O–H groups in total. The molecule has 0 saturated carbocycles. The Bertz CT molecular complexity index is 1560. The van der Waals surface area contributed by atoms with E-state index in [0.29, 0.717) is 23.5 Å². The lowest BCUT2D eigenvalue weighted by molar-refractivity contribution is -0.114. The van der Waals surface area contributed by atoms with E-state index in [9.17, 15) is 14.4 Å². The van der Waals surface area contributed by atoms with Gasteiger partial charge in [-0.3, -0.25) is 14.4 Å². The molecule has 0 aliphatic rings. The number of halogens is 1. The zero-order valence-electron chi connectivity index (χ0n) is 23.6. The Morgan fingerprint density at radius 3 is 2.30 bits per heavy atom. The van der Waals surface area contributed by atoms with E-state index in [-0.39, 0.29) is 17.4 Å². The number of thioether (sulfide) groups is 1. The maximum absolute atomic E-state index is 13.3. The van der Waals surface area contributed by atoms with Crippen molar-refractivity contribution in [3.63, 3.8) is 0 Å². The number of hydrogen-bond acceptors (Lipinski definition) is 5. The van der Waals surface area contributed by atoms with E-state index in [1.165, 1.54) is 11.8 Å². The maximum atomic E-state index is 13.3. The summed E-state index contributed by atoms with van der Waals surface area (Å²) >= 11 is 4.76. The molecule has 0 bridgehead atoms. The van der Waals surface area contributed by atoms with Crippen LogP contribution in [0.2, 0.25) is 0 Å². The Morgan fingerprint density at radius 1 is 0.837 bits per heavy atom. The molecule has 0 aliphatic carbocycles. The third kappa shape index (κ3) is 10.5. The van der Waals surface area contributed by atoms with E-state index in [4.69, 9.17) is 4.74 Å². The number of unbranched alkanes of at least 4 members (excludes halogenated alkanes) is 1. The molecule has 43 heavy (non-hydrogen) atoms. The highest BCUT2D eigenvalue weighted by Crippen LogP contribution is 2.23. The van der Waals surface area contributed by atoms with E-state index in [1.54, 1.807) is 48.5 Å². The second kappa shape index (κ2) is 16.3. The minimum atomic E-state index is -0.478. The summed E-state index contributed by atoms with van der Waals surface area (Å²) in [5.41, 5.74) is 2.50. The number of rotatable bonds is 13. The van der Waals surface area contributed by atoms with E-state index in [1.807, 2.05) is 60.7 Å². The number of amides is 3. The first-order valence-corrected chi connectivity index (χ1v) is 15.6. The van der Waals surface area contributed by atoms with Crippen molar-refractivity contribution < 1.29 is 19.1 Å². The van der Waals surface area contributed by atoms with Gasteiger partial charge in [-0.1, -0.05) is 65.7 Å². The number of carbonyl (C=O) groups excluding carboxylic acids is 3. The van der Waals surface area contributed by atoms with Gasteiger partial charge in [-0.2, -0.15) is 0 Å². The van der Waals surface area contributed by atoms with Gasteiger partial charge < -0.3 is 20.7 Å². The molecule has 0 saturated heterocycles. The first-order valence-electron chi connectivity index (χ1n) is 13.8. The van der Waals surface area contributed by atoms with E-state index in [0.717, 1.165) is 33.5 Å². The van der Waals surface area contributed by atoms with Crippen molar-refractivity contribution in [2.24, 2.45) is 0 Å². The summed E-state index contributed by atoms with van der Waals surface area (Å²) in [7, 11) is 0. The van der Waals surface area contributed by atoms with Gasteiger partial charge in [-0.25, -0.2) is 0 Å². The standard InChI is InChI=1S/C34H32BrN3O4S/c1-2-3-20-42-29-18-16-27(17-19-29)36-32(39)23-43-30-11-7-10-28(22-30)37-34(41)31(21-24-12-14-26(35)15-13-24)38-33(40)25-8-5-4-6-9-25/h4-19,21-22H,2-3,20,23H2,1H3,(H,36,39)(H,37,41)(H,38,40)/b31-21-. The second-order valence-corrected chi connectivity index (χ2v) is 11.4. The highest BCUT2D eigenvalue weighted by Gasteiger charge is 2.15. The molecule has 0 aliphatic heterocycles. The van der Waals surface area contributed by atoms with Crippen molar-refractivity contribution in [3.05, 3.63) is 124 Å². The third-order valence-corrected chi connectivity index (χ3v) is 7.60. The molecule has 0 atom stereocenters. The van der Waals surface area contributed by atoms with Crippen LogP contribution in [-0.4, -0.2) is 30.1 Å². The van der Waals surface area contributed by atoms with Gasteiger partial charge in [0.05, 0.1) is 12.4 Å². The second-order valence-electron chi connectivity index (χ2n) is 9.47. The lowest BCUT2D eigenvalue weighted by Gasteiger charge is -2.12. The number of carbonyl (C=O) groups is 3. The summed E-state index contributed by atoms with van der Waals surface area (Å²) in [6.45, 7) is 2.78. The number of hydrogen-bond donors (Lipinski definition) is 3. The Morgan fingerprint density at radius 2 is 1.58 bits per heavy atom. The van der Waals surface area contributed by atoms with Gasteiger partial charge in [0.1, 0.15) is 11.4 Å². The molecule has 9 heteroatoms. The molecule has 4 rings (SSSR count). The molecule has 3 amide bonds.